The van der Waals surface area contributed by atoms with Crippen LogP contribution in [0.15, 0.2) is 47.8 Å². The second kappa shape index (κ2) is 7.40. The Morgan fingerprint density at radius 2 is 1.89 bits per heavy atom. The lowest BCUT2D eigenvalue weighted by Gasteiger charge is -2.31. The maximum absolute atomic E-state index is 10.6. The van der Waals surface area contributed by atoms with Gasteiger partial charge in [0.1, 0.15) is 11.5 Å². The van der Waals surface area contributed by atoms with Crippen molar-refractivity contribution < 1.29 is 9.53 Å². The Labute approximate surface area is 166 Å². The molecule has 0 N–H and O–H groups in total. The predicted octanol–water partition coefficient (Wildman–Crippen LogP) is 3.93. The molecule has 4 heterocycles. The fraction of sp³-hybridized carbons (Fsp3) is 0.200. The Kier molecular flexibility index (Phi) is 4.79. The quantitative estimate of drug-likeness (QED) is 0.479. The maximum Gasteiger partial charge on any atom is 0.299 e. The van der Waals surface area contributed by atoms with Gasteiger partial charge in [0.05, 0.1) is 5.38 Å². The first-order chi connectivity index (χ1) is 13.3. The summed E-state index contributed by atoms with van der Waals surface area (Å²) in [7, 11) is 0. The molecule has 4 aromatic rings. The fourth-order valence-corrected chi connectivity index (χ4v) is 3.79. The maximum atomic E-state index is 10.6. The van der Waals surface area contributed by atoms with Crippen molar-refractivity contribution in [3.05, 3.63) is 47.8 Å². The Hall–Kier alpha value is -3.26. The van der Waals surface area contributed by atoms with E-state index in [9.17, 15) is 4.79 Å². The zero-order chi connectivity index (χ0) is 18.2. The first kappa shape index (κ1) is 18.1. The molecule has 0 atom stereocenters. The topological polar surface area (TPSA) is 73.1 Å². The van der Waals surface area contributed by atoms with E-state index in [0.29, 0.717) is 11.6 Å². The van der Waals surface area contributed by atoms with Crippen molar-refractivity contribution >= 4 is 34.7 Å². The van der Waals surface area contributed by atoms with E-state index in [0.717, 1.165) is 41.2 Å². The monoisotopic (exact) mass is 393 g/mol. The van der Waals surface area contributed by atoms with E-state index in [2.05, 4.69) is 16.0 Å². The van der Waals surface area contributed by atoms with Crippen molar-refractivity contribution in [1.29, 1.82) is 0 Å². The molecule has 28 heavy (non-hydrogen) atoms. The van der Waals surface area contributed by atoms with Gasteiger partial charge in [-0.15, -0.1) is 0 Å². The molecule has 1 aliphatic heterocycles. The molecule has 1 aliphatic rings. The number of carbonyl (C=O) groups is 1. The second-order valence-electron chi connectivity index (χ2n) is 6.19. The number of ether oxygens (including phenoxy) is 1. The van der Waals surface area contributed by atoms with E-state index in [1.54, 1.807) is 10.1 Å². The Morgan fingerprint density at radius 3 is 2.61 bits per heavy atom. The number of thiazole rings is 1. The third-order valence-electron chi connectivity index (χ3n) is 4.56. The van der Waals surface area contributed by atoms with E-state index in [4.69, 9.17) is 14.8 Å². The molecule has 0 bridgehead atoms. The van der Waals surface area contributed by atoms with E-state index >= 15 is 0 Å². The zero-order valence-electron chi connectivity index (χ0n) is 14.3. The minimum atomic E-state index is 0. The Morgan fingerprint density at radius 1 is 1.07 bits per heavy atom. The van der Waals surface area contributed by atoms with Crippen molar-refractivity contribution in [2.75, 3.05) is 18.0 Å². The molecule has 1 fully saturated rings. The van der Waals surface area contributed by atoms with Gasteiger partial charge in [-0.2, -0.15) is 14.8 Å². The van der Waals surface area contributed by atoms with Crippen LogP contribution in [0.1, 0.15) is 13.8 Å². The lowest BCUT2D eigenvalue weighted by atomic mass is 10.1. The number of hydrogen-bond donors (Lipinski definition) is 0. The Bertz CT molecular complexity index is 1120. The summed E-state index contributed by atoms with van der Waals surface area (Å²) < 4.78 is 6.57. The van der Waals surface area contributed by atoms with Crippen LogP contribution >= 0.6 is 11.3 Å². The van der Waals surface area contributed by atoms with Crippen LogP contribution in [0.4, 0.5) is 5.82 Å². The lowest BCUT2D eigenvalue weighted by molar-refractivity contribution is -0.120. The molecule has 1 aromatic carbocycles. The number of fused-ring (bicyclic) bond motifs is 1. The summed E-state index contributed by atoms with van der Waals surface area (Å²) in [6.07, 6.45) is 1.19. The molecule has 0 amide bonds. The van der Waals surface area contributed by atoms with Crippen LogP contribution in [0, 0.1) is 0 Å². The number of nitrogens with zero attached hydrogens (tertiary/aromatic N) is 5. The molecular formula is C20H19N5O2S. The molecule has 5 rings (SSSR count). The smallest absolute Gasteiger partial charge is 0.299 e. The van der Waals surface area contributed by atoms with Crippen molar-refractivity contribution in [2.45, 2.75) is 13.8 Å². The highest BCUT2D eigenvalue weighted by atomic mass is 32.1. The van der Waals surface area contributed by atoms with Crippen molar-refractivity contribution in [3.8, 4) is 22.3 Å². The van der Waals surface area contributed by atoms with Gasteiger partial charge in [0.2, 0.25) is 11.0 Å². The van der Waals surface area contributed by atoms with Gasteiger partial charge < -0.3 is 9.64 Å². The van der Waals surface area contributed by atoms with Crippen LogP contribution in [-0.2, 0) is 4.79 Å². The van der Waals surface area contributed by atoms with Crippen LogP contribution in [0.5, 0.6) is 5.88 Å². The van der Waals surface area contributed by atoms with Crippen molar-refractivity contribution in [1.82, 2.24) is 19.7 Å². The molecule has 3 aromatic heterocycles. The minimum absolute atomic E-state index is 0. The van der Waals surface area contributed by atoms with Gasteiger partial charge >= 0.3 is 0 Å². The third kappa shape index (κ3) is 3.01. The number of anilines is 1. The second-order valence-corrected chi connectivity index (χ2v) is 7.03. The fourth-order valence-electron chi connectivity index (χ4n) is 3.10. The van der Waals surface area contributed by atoms with Gasteiger partial charge in [-0.1, -0.05) is 49.1 Å². The largest absolute Gasteiger partial charge is 0.409 e. The average molecular weight is 393 g/mol. The van der Waals surface area contributed by atoms with Crippen LogP contribution < -0.4 is 9.64 Å². The summed E-state index contributed by atoms with van der Waals surface area (Å²) >= 11 is 1.35. The molecule has 142 valence electrons. The first-order valence-electron chi connectivity index (χ1n) is 8.60. The Balaban J connectivity index is 0.00000192. The van der Waals surface area contributed by atoms with E-state index in [-0.39, 0.29) is 13.3 Å². The van der Waals surface area contributed by atoms with Crippen molar-refractivity contribution in [2.24, 2.45) is 0 Å². The van der Waals surface area contributed by atoms with Gasteiger partial charge in [0, 0.05) is 24.0 Å². The third-order valence-corrected chi connectivity index (χ3v) is 5.36. The van der Waals surface area contributed by atoms with Crippen LogP contribution in [0.3, 0.4) is 0 Å². The van der Waals surface area contributed by atoms with E-state index in [1.165, 1.54) is 17.8 Å². The first-order valence-corrected chi connectivity index (χ1v) is 9.48. The summed E-state index contributed by atoms with van der Waals surface area (Å²) in [6, 6.07) is 14.1. The highest BCUT2D eigenvalue weighted by molar-refractivity contribution is 7.12. The van der Waals surface area contributed by atoms with Gasteiger partial charge in [-0.05, 0) is 18.6 Å². The summed E-state index contributed by atoms with van der Waals surface area (Å²) in [5.74, 6) is 1.20. The van der Waals surface area contributed by atoms with Crippen LogP contribution in [0.2, 0.25) is 0 Å². The summed E-state index contributed by atoms with van der Waals surface area (Å²) in [4.78, 5) is 22.0. The molecule has 0 aliphatic carbocycles. The normalized spacial score (nSPS) is 13.1. The molecule has 7 nitrogen and oxygen atoms in total. The van der Waals surface area contributed by atoms with E-state index < -0.39 is 0 Å². The average Bonchev–Trinajstić information content (AvgIpc) is 3.26. The highest BCUT2D eigenvalue weighted by Crippen LogP contribution is 2.32. The molecule has 0 saturated carbocycles. The number of carbonyl (C=O) groups excluding carboxylic acids is 1. The minimum Gasteiger partial charge on any atom is -0.409 e. The molecule has 1 saturated heterocycles. The SMILES string of the molecule is C.O=COc1csc(-n2nc(-c3ccccc3)c3ccc(N4CCC4)nc32)n1. The van der Waals surface area contributed by atoms with Gasteiger partial charge in [-0.25, -0.2) is 4.98 Å². The highest BCUT2D eigenvalue weighted by Gasteiger charge is 2.21. The number of hydrogen-bond acceptors (Lipinski definition) is 7. The number of aromatic nitrogens is 4. The van der Waals surface area contributed by atoms with Gasteiger partial charge in [0.15, 0.2) is 5.65 Å². The molecular weight excluding hydrogens is 374 g/mol. The van der Waals surface area contributed by atoms with E-state index in [1.807, 2.05) is 36.4 Å². The van der Waals surface area contributed by atoms with Crippen molar-refractivity contribution in [3.63, 3.8) is 0 Å². The summed E-state index contributed by atoms with van der Waals surface area (Å²) in [5.41, 5.74) is 2.60. The molecule has 0 radical (unpaired) electrons. The summed E-state index contributed by atoms with van der Waals surface area (Å²) in [5, 5.41) is 8.03. The molecule has 0 spiro atoms. The zero-order valence-corrected chi connectivity index (χ0v) is 15.1. The van der Waals surface area contributed by atoms with Crippen LogP contribution in [-0.4, -0.2) is 39.3 Å². The number of benzene rings is 1. The lowest BCUT2D eigenvalue weighted by Crippen LogP contribution is -2.37. The van der Waals surface area contributed by atoms with Crippen LogP contribution in [0.25, 0.3) is 27.4 Å². The van der Waals surface area contributed by atoms with Gasteiger partial charge in [0.25, 0.3) is 6.47 Å². The number of pyridine rings is 1. The van der Waals surface area contributed by atoms with Gasteiger partial charge in [-0.3, -0.25) is 4.79 Å². The molecule has 0 unspecified atom stereocenters. The number of rotatable bonds is 5. The predicted molar refractivity (Wildman–Crippen MR) is 110 cm³/mol. The standard InChI is InChI=1S/C19H15N5O2S.CH4/c25-12-26-16-11-27-19(21-16)24-18-14(7-8-15(20-18)23-9-4-10-23)17(22-24)13-5-2-1-3-6-13;/h1-3,5-8,11-12H,4,9-10H2;1H4. The molecule has 8 heteroatoms. The summed E-state index contributed by atoms with van der Waals surface area (Å²) in [6.45, 7) is 2.41.